The summed E-state index contributed by atoms with van der Waals surface area (Å²) < 4.78 is 91.4. The summed E-state index contributed by atoms with van der Waals surface area (Å²) in [5.41, 5.74) is -3.28. The Kier molecular flexibility index (Phi) is 9.83. The molecule has 0 bridgehead atoms. The molecule has 0 aromatic heterocycles. The summed E-state index contributed by atoms with van der Waals surface area (Å²) >= 11 is 12.0. The minimum Gasteiger partial charge on any atom is -0.390 e. The zero-order chi connectivity index (χ0) is 37.5. The van der Waals surface area contributed by atoms with E-state index in [2.05, 4.69) is 0 Å². The first-order valence-corrected chi connectivity index (χ1v) is 19.8. The molecule has 0 radical (unpaired) electrons. The van der Waals surface area contributed by atoms with Crippen molar-refractivity contribution in [1.82, 2.24) is 0 Å². The highest BCUT2D eigenvalue weighted by molar-refractivity contribution is 7.92. The maximum absolute atomic E-state index is 14.1. The maximum atomic E-state index is 14.1. The van der Waals surface area contributed by atoms with Crippen LogP contribution in [-0.4, -0.2) is 68.9 Å². The van der Waals surface area contributed by atoms with Crippen LogP contribution in [0.2, 0.25) is 10.0 Å². The first-order valence-electron chi connectivity index (χ1n) is 15.3. The molecule has 50 heavy (non-hydrogen) atoms. The van der Waals surface area contributed by atoms with E-state index < -0.39 is 95.7 Å². The Bertz CT molecular complexity index is 1860. The molecule has 6 rings (SSSR count). The zero-order valence-electron chi connectivity index (χ0n) is 27.0. The largest absolute Gasteiger partial charge is 0.390 e. The summed E-state index contributed by atoms with van der Waals surface area (Å²) in [4.78, 5) is 50.7. The smallest absolute Gasteiger partial charge is 0.229 e. The number of ketones is 4. The van der Waals surface area contributed by atoms with Gasteiger partial charge in [0.2, 0.25) is 20.0 Å². The Morgan fingerprint density at radius 1 is 0.660 bits per heavy atom. The SMILES string of the molecule is CC1(F)CC2C(=O)C(c3cc(NS(C)(=O)=O)c(F)cc3Cl)C(=O)C2C1.CC1(O)CC2C(=O)C(c3cc(NS(C)(=O)=O)c(F)cc3Cl)C(=O)C2C1. The van der Waals surface area contributed by atoms with Crippen LogP contribution in [0, 0.1) is 35.3 Å². The fraction of sp³-hybridized carbons (Fsp3) is 0.500. The molecule has 4 saturated carbocycles. The predicted octanol–water partition coefficient (Wildman–Crippen LogP) is 4.70. The van der Waals surface area contributed by atoms with Gasteiger partial charge in [0, 0.05) is 33.7 Å². The molecule has 4 unspecified atom stereocenters. The van der Waals surface area contributed by atoms with Crippen molar-refractivity contribution in [2.24, 2.45) is 23.7 Å². The van der Waals surface area contributed by atoms with Crippen LogP contribution in [-0.2, 0) is 39.2 Å². The van der Waals surface area contributed by atoms with Crippen LogP contribution < -0.4 is 9.44 Å². The third kappa shape index (κ3) is 7.59. The zero-order valence-corrected chi connectivity index (χ0v) is 30.2. The van der Waals surface area contributed by atoms with E-state index in [0.29, 0.717) is 0 Å². The molecular formula is C32H33Cl2F3N2O9S2. The summed E-state index contributed by atoms with van der Waals surface area (Å²) in [5.74, 6) is -8.49. The van der Waals surface area contributed by atoms with E-state index >= 15 is 0 Å². The fourth-order valence-electron chi connectivity index (χ4n) is 7.68. The summed E-state index contributed by atoms with van der Waals surface area (Å²) in [6, 6.07) is 3.90. The number of nitrogens with one attached hydrogen (secondary N) is 2. The lowest BCUT2D eigenvalue weighted by Gasteiger charge is -2.19. The molecule has 3 N–H and O–H groups in total. The Morgan fingerprint density at radius 3 is 1.26 bits per heavy atom. The van der Waals surface area contributed by atoms with Crippen molar-refractivity contribution < 1.29 is 54.3 Å². The number of alkyl halides is 1. The van der Waals surface area contributed by atoms with Crippen LogP contribution in [0.25, 0.3) is 0 Å². The lowest BCUT2D eigenvalue weighted by Crippen LogP contribution is -2.25. The number of anilines is 2. The van der Waals surface area contributed by atoms with Crippen molar-refractivity contribution >= 4 is 77.8 Å². The number of aliphatic hydroxyl groups is 1. The molecular weight excluding hydrogens is 748 g/mol. The maximum Gasteiger partial charge on any atom is 0.229 e. The van der Waals surface area contributed by atoms with Gasteiger partial charge in [-0.15, -0.1) is 0 Å². The molecule has 4 fully saturated rings. The van der Waals surface area contributed by atoms with Gasteiger partial charge in [0.15, 0.2) is 23.1 Å². The van der Waals surface area contributed by atoms with Gasteiger partial charge < -0.3 is 5.11 Å². The molecule has 4 aliphatic rings. The van der Waals surface area contributed by atoms with Crippen molar-refractivity contribution in [1.29, 1.82) is 0 Å². The van der Waals surface area contributed by atoms with E-state index in [1.54, 1.807) is 6.92 Å². The minimum absolute atomic E-state index is 0.0357. The van der Waals surface area contributed by atoms with Crippen molar-refractivity contribution in [3.63, 3.8) is 0 Å². The Labute approximate surface area is 296 Å². The van der Waals surface area contributed by atoms with Gasteiger partial charge in [0.05, 0.1) is 29.5 Å². The fourth-order valence-corrected chi connectivity index (χ4v) is 9.31. The van der Waals surface area contributed by atoms with Crippen molar-refractivity contribution in [2.75, 3.05) is 22.0 Å². The number of halogens is 5. The second-order valence-electron chi connectivity index (χ2n) is 14.1. The van der Waals surface area contributed by atoms with E-state index in [1.807, 2.05) is 9.44 Å². The lowest BCUT2D eigenvalue weighted by atomic mass is 9.89. The minimum atomic E-state index is -3.76. The van der Waals surface area contributed by atoms with E-state index in [9.17, 15) is 54.3 Å². The van der Waals surface area contributed by atoms with Crippen LogP contribution in [0.3, 0.4) is 0 Å². The van der Waals surface area contributed by atoms with Gasteiger partial charge in [0.1, 0.15) is 29.1 Å². The van der Waals surface area contributed by atoms with Crippen molar-refractivity contribution in [2.45, 2.75) is 62.6 Å². The summed E-state index contributed by atoms with van der Waals surface area (Å²) in [5, 5.41) is 9.84. The molecule has 0 heterocycles. The average Bonchev–Trinajstić information content (AvgIpc) is 3.59. The first kappa shape index (κ1) is 38.2. The second-order valence-corrected chi connectivity index (χ2v) is 18.4. The Morgan fingerprint density at radius 2 is 0.960 bits per heavy atom. The number of hydrogen-bond acceptors (Lipinski definition) is 9. The molecule has 11 nitrogen and oxygen atoms in total. The van der Waals surface area contributed by atoms with E-state index in [-0.39, 0.29) is 64.1 Å². The number of sulfonamides is 2. The van der Waals surface area contributed by atoms with Gasteiger partial charge >= 0.3 is 0 Å². The second kappa shape index (κ2) is 12.9. The van der Waals surface area contributed by atoms with Crippen LogP contribution in [0.1, 0.15) is 62.5 Å². The van der Waals surface area contributed by atoms with Crippen LogP contribution in [0.4, 0.5) is 24.5 Å². The molecule has 0 saturated heterocycles. The Balaban J connectivity index is 0.000000194. The van der Waals surface area contributed by atoms with E-state index in [4.69, 9.17) is 23.2 Å². The molecule has 2 aromatic rings. The van der Waals surface area contributed by atoms with Crippen molar-refractivity contribution in [3.8, 4) is 0 Å². The van der Waals surface area contributed by atoms with Gasteiger partial charge in [0.25, 0.3) is 0 Å². The normalized spacial score (nSPS) is 32.1. The van der Waals surface area contributed by atoms with Crippen LogP contribution in [0.15, 0.2) is 24.3 Å². The summed E-state index contributed by atoms with van der Waals surface area (Å²) in [6.45, 7) is 2.94. The van der Waals surface area contributed by atoms with Crippen LogP contribution >= 0.6 is 23.2 Å². The van der Waals surface area contributed by atoms with E-state index in [1.165, 1.54) is 6.92 Å². The van der Waals surface area contributed by atoms with E-state index in [0.717, 1.165) is 36.8 Å². The molecule has 18 heteroatoms. The molecule has 4 aliphatic carbocycles. The highest BCUT2D eigenvalue weighted by Gasteiger charge is 2.59. The van der Waals surface area contributed by atoms with Gasteiger partial charge in [-0.3, -0.25) is 28.6 Å². The monoisotopic (exact) mass is 780 g/mol. The molecule has 272 valence electrons. The third-order valence-corrected chi connectivity index (χ3v) is 11.4. The number of carbonyl (C=O) groups is 4. The topological polar surface area (TPSA) is 181 Å². The van der Waals surface area contributed by atoms with Gasteiger partial charge in [-0.2, -0.15) is 0 Å². The van der Waals surface area contributed by atoms with Gasteiger partial charge in [-0.1, -0.05) is 23.2 Å². The predicted molar refractivity (Wildman–Crippen MR) is 178 cm³/mol. The number of hydrogen-bond donors (Lipinski definition) is 3. The summed E-state index contributed by atoms with van der Waals surface area (Å²) in [6.07, 6.45) is 2.01. The molecule has 4 atom stereocenters. The Hall–Kier alpha value is -3.05. The van der Waals surface area contributed by atoms with Gasteiger partial charge in [-0.25, -0.2) is 30.0 Å². The number of rotatable bonds is 6. The third-order valence-electron chi connectivity index (χ3n) is 9.57. The highest BCUT2D eigenvalue weighted by Crippen LogP contribution is 2.53. The first-order chi connectivity index (χ1) is 22.8. The number of carbonyl (C=O) groups excluding carboxylic acids is 4. The number of benzene rings is 2. The highest BCUT2D eigenvalue weighted by atomic mass is 35.5. The quantitative estimate of drug-likeness (QED) is 0.350. The lowest BCUT2D eigenvalue weighted by molar-refractivity contribution is -0.127. The number of Topliss-reactive ketones (excluding diaryl/α,β-unsaturated/α-hetero) is 4. The molecule has 0 aliphatic heterocycles. The molecule has 0 amide bonds. The standard InChI is InChI=1S/C16H16ClF2NO4S.C16H17ClFNO5S/c1-16(19)5-8-9(6-16)15(22)13(14(8)21)7-3-12(20-25(2,23)24)11(18)4-10(7)17;1-16(22)5-8-9(6-16)15(21)13(14(8)20)7-3-12(19-25(2,23)24)11(18)4-10(7)17/h3-4,8-9,13,20H,5-6H2,1-2H3;3-4,8-9,13,19,22H,5-6H2,1-2H3. The van der Waals surface area contributed by atoms with Crippen molar-refractivity contribution in [3.05, 3.63) is 57.1 Å². The molecule has 2 aromatic carbocycles. The van der Waals surface area contributed by atoms with Crippen LogP contribution in [0.5, 0.6) is 0 Å². The molecule has 0 spiro atoms. The van der Waals surface area contributed by atoms with Gasteiger partial charge in [-0.05, 0) is 74.9 Å². The number of fused-ring (bicyclic) bond motifs is 2. The average molecular weight is 782 g/mol. The summed E-state index contributed by atoms with van der Waals surface area (Å²) in [7, 11) is -7.51.